The van der Waals surface area contributed by atoms with Gasteiger partial charge in [0.1, 0.15) is 11.6 Å². The summed E-state index contributed by atoms with van der Waals surface area (Å²) in [4.78, 5) is 46.9. The van der Waals surface area contributed by atoms with Crippen molar-refractivity contribution in [2.24, 2.45) is 11.8 Å². The van der Waals surface area contributed by atoms with Crippen LogP contribution >= 0.6 is 0 Å². The SMILES string of the molecule is C=CCN(C)C(=O)[C@@H]1[C@H]2C(=O)N(CCCCCO)C(C(=O)N(CC=C)C(C)(C)C)C23CC[C@@]1(C)O3. The maximum absolute atomic E-state index is 14.2. The van der Waals surface area contributed by atoms with Gasteiger partial charge in [-0.05, 0) is 59.8 Å². The Labute approximate surface area is 210 Å². The van der Waals surface area contributed by atoms with Gasteiger partial charge in [0.25, 0.3) is 0 Å². The average Bonchev–Trinajstić information content (AvgIpc) is 3.34. The van der Waals surface area contributed by atoms with Crippen LogP contribution in [-0.4, -0.2) is 93.6 Å². The quantitative estimate of drug-likeness (QED) is 0.356. The summed E-state index contributed by atoms with van der Waals surface area (Å²) in [5.74, 6) is -1.81. The van der Waals surface area contributed by atoms with Crippen molar-refractivity contribution in [3.8, 4) is 0 Å². The van der Waals surface area contributed by atoms with Crippen LogP contribution in [0.15, 0.2) is 25.3 Å². The lowest BCUT2D eigenvalue weighted by Crippen LogP contribution is -2.60. The molecule has 0 aromatic carbocycles. The highest BCUT2D eigenvalue weighted by Crippen LogP contribution is 2.63. The molecule has 2 unspecified atom stereocenters. The van der Waals surface area contributed by atoms with Crippen LogP contribution in [0.1, 0.15) is 59.8 Å². The first kappa shape index (κ1) is 27.4. The average molecular weight is 490 g/mol. The van der Waals surface area contributed by atoms with Crippen LogP contribution in [0, 0.1) is 11.8 Å². The highest BCUT2D eigenvalue weighted by Gasteiger charge is 2.78. The maximum atomic E-state index is 14.2. The van der Waals surface area contributed by atoms with Crippen LogP contribution in [0.3, 0.4) is 0 Å². The topological polar surface area (TPSA) is 90.4 Å². The van der Waals surface area contributed by atoms with Crippen LogP contribution in [0.5, 0.6) is 0 Å². The summed E-state index contributed by atoms with van der Waals surface area (Å²) in [6, 6.07) is -0.794. The minimum atomic E-state index is -1.03. The van der Waals surface area contributed by atoms with Crippen LogP contribution in [0.25, 0.3) is 0 Å². The third kappa shape index (κ3) is 4.55. The normalized spacial score (nSPS) is 31.4. The molecule has 3 heterocycles. The third-order valence-electron chi connectivity index (χ3n) is 8.00. The summed E-state index contributed by atoms with van der Waals surface area (Å²) < 4.78 is 6.69. The summed E-state index contributed by atoms with van der Waals surface area (Å²) in [5.41, 5.74) is -2.30. The largest absolute Gasteiger partial charge is 0.396 e. The van der Waals surface area contributed by atoms with E-state index in [1.54, 1.807) is 33.9 Å². The molecule has 196 valence electrons. The fourth-order valence-electron chi connectivity index (χ4n) is 6.38. The van der Waals surface area contributed by atoms with E-state index in [9.17, 15) is 19.5 Å². The van der Waals surface area contributed by atoms with Crippen LogP contribution in [-0.2, 0) is 19.1 Å². The number of unbranched alkanes of at least 4 members (excludes halogenated alkanes) is 2. The zero-order valence-electron chi connectivity index (χ0n) is 22.1. The Morgan fingerprint density at radius 3 is 2.37 bits per heavy atom. The van der Waals surface area contributed by atoms with Crippen molar-refractivity contribution in [3.63, 3.8) is 0 Å². The molecule has 0 radical (unpaired) electrons. The Morgan fingerprint density at radius 1 is 1.14 bits per heavy atom. The molecule has 3 amide bonds. The van der Waals surface area contributed by atoms with Crippen molar-refractivity contribution in [1.29, 1.82) is 0 Å². The van der Waals surface area contributed by atoms with E-state index in [1.807, 2.05) is 27.7 Å². The Bertz CT molecular complexity index is 867. The highest BCUT2D eigenvalue weighted by atomic mass is 16.5. The number of hydrogen-bond donors (Lipinski definition) is 1. The minimum Gasteiger partial charge on any atom is -0.396 e. The summed E-state index contributed by atoms with van der Waals surface area (Å²) >= 11 is 0. The number of hydrogen-bond acceptors (Lipinski definition) is 5. The first-order valence-electron chi connectivity index (χ1n) is 12.8. The Hall–Kier alpha value is -2.19. The Morgan fingerprint density at radius 2 is 1.80 bits per heavy atom. The fourth-order valence-corrected chi connectivity index (χ4v) is 6.38. The number of fused-ring (bicyclic) bond motifs is 1. The molecule has 3 rings (SSSR count). The molecule has 3 aliphatic heterocycles. The summed E-state index contributed by atoms with van der Waals surface area (Å²) in [5, 5.41) is 9.19. The van der Waals surface area contributed by atoms with E-state index in [-0.39, 0.29) is 24.3 Å². The van der Waals surface area contributed by atoms with Crippen molar-refractivity contribution in [2.45, 2.75) is 82.6 Å². The van der Waals surface area contributed by atoms with Gasteiger partial charge in [-0.1, -0.05) is 12.2 Å². The van der Waals surface area contributed by atoms with Crippen molar-refractivity contribution in [3.05, 3.63) is 25.3 Å². The van der Waals surface area contributed by atoms with Gasteiger partial charge in [0.2, 0.25) is 17.7 Å². The maximum Gasteiger partial charge on any atom is 0.249 e. The van der Waals surface area contributed by atoms with E-state index in [0.717, 1.165) is 6.42 Å². The van der Waals surface area contributed by atoms with Gasteiger partial charge in [-0.3, -0.25) is 14.4 Å². The molecule has 3 saturated heterocycles. The summed E-state index contributed by atoms with van der Waals surface area (Å²) in [6.07, 6.45) is 6.60. The molecule has 0 aliphatic carbocycles. The summed E-state index contributed by atoms with van der Waals surface area (Å²) in [7, 11) is 1.71. The molecule has 1 N–H and O–H groups in total. The highest BCUT2D eigenvalue weighted by molar-refractivity contribution is 5.99. The molecule has 3 aliphatic rings. The predicted molar refractivity (Wildman–Crippen MR) is 134 cm³/mol. The number of likely N-dealkylation sites (N-methyl/N-ethyl adjacent to an activating group) is 1. The number of rotatable bonds is 11. The number of aliphatic hydroxyl groups is 1. The number of ether oxygens (including phenoxy) is 1. The zero-order chi connectivity index (χ0) is 26.2. The Kier molecular flexibility index (Phi) is 7.87. The van der Waals surface area contributed by atoms with Crippen molar-refractivity contribution in [2.75, 3.05) is 33.3 Å². The monoisotopic (exact) mass is 489 g/mol. The lowest BCUT2D eigenvalue weighted by Gasteiger charge is -2.42. The molecular weight excluding hydrogens is 446 g/mol. The molecule has 0 aromatic heterocycles. The van der Waals surface area contributed by atoms with E-state index in [0.29, 0.717) is 45.3 Å². The van der Waals surface area contributed by atoms with E-state index in [1.165, 1.54) is 0 Å². The molecule has 8 nitrogen and oxygen atoms in total. The smallest absolute Gasteiger partial charge is 0.249 e. The number of carbonyl (C=O) groups excluding carboxylic acids is 3. The molecule has 35 heavy (non-hydrogen) atoms. The first-order valence-corrected chi connectivity index (χ1v) is 12.8. The van der Waals surface area contributed by atoms with Gasteiger partial charge in [0.05, 0.1) is 17.4 Å². The Balaban J connectivity index is 2.06. The van der Waals surface area contributed by atoms with Crippen LogP contribution in [0.4, 0.5) is 0 Å². The van der Waals surface area contributed by atoms with Gasteiger partial charge in [-0.2, -0.15) is 0 Å². The number of likely N-dealkylation sites (tertiary alicyclic amines) is 1. The fraction of sp³-hybridized carbons (Fsp3) is 0.741. The predicted octanol–water partition coefficient (Wildman–Crippen LogP) is 2.37. The van der Waals surface area contributed by atoms with Crippen molar-refractivity contribution in [1.82, 2.24) is 14.7 Å². The second-order valence-electron chi connectivity index (χ2n) is 11.5. The second kappa shape index (κ2) is 10.1. The lowest BCUT2D eigenvalue weighted by atomic mass is 9.66. The number of nitrogens with zero attached hydrogens (tertiary/aromatic N) is 3. The minimum absolute atomic E-state index is 0.0910. The molecule has 8 heteroatoms. The molecule has 5 atom stereocenters. The second-order valence-corrected chi connectivity index (χ2v) is 11.5. The van der Waals surface area contributed by atoms with E-state index < -0.39 is 34.6 Å². The first-order chi connectivity index (χ1) is 16.4. The molecule has 0 saturated carbocycles. The van der Waals surface area contributed by atoms with Gasteiger partial charge < -0.3 is 24.5 Å². The van der Waals surface area contributed by atoms with Gasteiger partial charge in [0.15, 0.2) is 0 Å². The standard InChI is InChI=1S/C27H43N3O5/c1-8-15-28(7)22(32)19-20-23(33)29(17-11-10-12-18-31)21(27(20)14-13-26(19,6)35-27)24(34)30(16-9-2)25(3,4)5/h8-9,19-21,31H,1-2,10-18H2,3-7H3/t19-,20-,21?,26+,27?/m0/s1. The van der Waals surface area contributed by atoms with E-state index in [4.69, 9.17) is 4.74 Å². The zero-order valence-corrected chi connectivity index (χ0v) is 22.1. The third-order valence-corrected chi connectivity index (χ3v) is 8.00. The van der Waals surface area contributed by atoms with E-state index >= 15 is 0 Å². The molecule has 2 bridgehead atoms. The number of aliphatic hydroxyl groups excluding tert-OH is 1. The van der Waals surface area contributed by atoms with Crippen molar-refractivity contribution >= 4 is 17.7 Å². The molecule has 0 aromatic rings. The lowest BCUT2D eigenvalue weighted by molar-refractivity contribution is -0.155. The van der Waals surface area contributed by atoms with E-state index in [2.05, 4.69) is 13.2 Å². The van der Waals surface area contributed by atoms with Crippen molar-refractivity contribution < 1.29 is 24.2 Å². The molecule has 3 fully saturated rings. The van der Waals surface area contributed by atoms with Gasteiger partial charge in [0, 0.05) is 38.8 Å². The van der Waals surface area contributed by atoms with Gasteiger partial charge in [-0.15, -0.1) is 13.2 Å². The number of amides is 3. The van der Waals surface area contributed by atoms with Crippen LogP contribution < -0.4 is 0 Å². The molecule has 1 spiro atoms. The van der Waals surface area contributed by atoms with Crippen LogP contribution in [0.2, 0.25) is 0 Å². The summed E-state index contributed by atoms with van der Waals surface area (Å²) in [6.45, 7) is 16.6. The molecular formula is C27H43N3O5. The van der Waals surface area contributed by atoms with Gasteiger partial charge >= 0.3 is 0 Å². The van der Waals surface area contributed by atoms with Gasteiger partial charge in [-0.25, -0.2) is 0 Å². The number of carbonyl (C=O) groups is 3.